The molecule has 0 aliphatic carbocycles. The van der Waals surface area contributed by atoms with Crippen molar-refractivity contribution in [3.63, 3.8) is 0 Å². The van der Waals surface area contributed by atoms with Gasteiger partial charge in [-0.3, -0.25) is 14.3 Å². The molecule has 0 aliphatic rings. The van der Waals surface area contributed by atoms with Crippen LogP contribution in [0.3, 0.4) is 0 Å². The molecule has 148 valence electrons. The SMILES string of the molecule is CCN(CCNCC(O)COc1ccccc1)c1[nH]c(=O)n(C)c(=O)c1C. The number of H-pyrrole nitrogens is 1. The van der Waals surface area contributed by atoms with Gasteiger partial charge in [0.05, 0.1) is 5.56 Å². The predicted octanol–water partition coefficient (Wildman–Crippen LogP) is 0.238. The number of ether oxygens (including phenoxy) is 1. The van der Waals surface area contributed by atoms with Gasteiger partial charge in [0.1, 0.15) is 24.3 Å². The van der Waals surface area contributed by atoms with Gasteiger partial charge in [0.15, 0.2) is 0 Å². The number of nitrogens with one attached hydrogen (secondary N) is 2. The number of hydrogen-bond donors (Lipinski definition) is 3. The van der Waals surface area contributed by atoms with Crippen LogP contribution in [-0.2, 0) is 7.05 Å². The molecule has 2 rings (SSSR count). The van der Waals surface area contributed by atoms with Gasteiger partial charge in [-0.15, -0.1) is 0 Å². The van der Waals surface area contributed by atoms with Crippen LogP contribution in [0.1, 0.15) is 12.5 Å². The van der Waals surface area contributed by atoms with Crippen molar-refractivity contribution < 1.29 is 9.84 Å². The van der Waals surface area contributed by atoms with E-state index in [0.717, 1.165) is 10.3 Å². The highest BCUT2D eigenvalue weighted by molar-refractivity contribution is 5.44. The lowest BCUT2D eigenvalue weighted by Crippen LogP contribution is -2.41. The first-order valence-electron chi connectivity index (χ1n) is 9.05. The fourth-order valence-electron chi connectivity index (χ4n) is 2.72. The number of aromatic amines is 1. The van der Waals surface area contributed by atoms with Crippen molar-refractivity contribution in [3.05, 3.63) is 56.7 Å². The first kappa shape index (κ1) is 20.7. The Labute approximate surface area is 158 Å². The van der Waals surface area contributed by atoms with E-state index in [1.807, 2.05) is 42.2 Å². The molecular formula is C19H28N4O4. The molecule has 8 heteroatoms. The zero-order valence-electron chi connectivity index (χ0n) is 16.1. The third-order valence-corrected chi connectivity index (χ3v) is 4.33. The van der Waals surface area contributed by atoms with Crippen LogP contribution in [0.15, 0.2) is 39.9 Å². The molecule has 1 aromatic carbocycles. The van der Waals surface area contributed by atoms with Crippen molar-refractivity contribution in [2.24, 2.45) is 7.05 Å². The summed E-state index contributed by atoms with van der Waals surface area (Å²) in [5.74, 6) is 1.26. The molecule has 1 atom stereocenters. The molecule has 0 fully saturated rings. The lowest BCUT2D eigenvalue weighted by molar-refractivity contribution is 0.107. The molecule has 1 unspecified atom stereocenters. The van der Waals surface area contributed by atoms with E-state index in [2.05, 4.69) is 10.3 Å². The molecule has 2 aromatic rings. The fraction of sp³-hybridized carbons (Fsp3) is 0.474. The van der Waals surface area contributed by atoms with Crippen LogP contribution in [0.4, 0.5) is 5.82 Å². The summed E-state index contributed by atoms with van der Waals surface area (Å²) in [7, 11) is 1.45. The Balaban J connectivity index is 1.81. The van der Waals surface area contributed by atoms with Gasteiger partial charge in [-0.1, -0.05) is 18.2 Å². The Hall–Kier alpha value is -2.58. The Morgan fingerprint density at radius 1 is 1.30 bits per heavy atom. The summed E-state index contributed by atoms with van der Waals surface area (Å²) in [6, 6.07) is 9.34. The molecule has 0 spiro atoms. The number of para-hydroxylation sites is 1. The summed E-state index contributed by atoms with van der Waals surface area (Å²) < 4.78 is 6.58. The lowest BCUT2D eigenvalue weighted by Gasteiger charge is -2.24. The number of aliphatic hydroxyl groups is 1. The van der Waals surface area contributed by atoms with E-state index in [1.54, 1.807) is 6.92 Å². The van der Waals surface area contributed by atoms with E-state index in [4.69, 9.17) is 4.74 Å². The van der Waals surface area contributed by atoms with E-state index >= 15 is 0 Å². The van der Waals surface area contributed by atoms with Crippen LogP contribution in [0.5, 0.6) is 5.75 Å². The standard InChI is InChI=1S/C19H28N4O4/c1-4-23(17-14(2)18(25)22(3)19(26)21-17)11-10-20-12-15(24)13-27-16-8-6-5-7-9-16/h5-9,15,20,24H,4,10-13H2,1-3H3,(H,21,26). The zero-order chi connectivity index (χ0) is 19.8. The minimum Gasteiger partial charge on any atom is -0.491 e. The fourth-order valence-corrected chi connectivity index (χ4v) is 2.72. The normalized spacial score (nSPS) is 12.0. The van der Waals surface area contributed by atoms with Gasteiger partial charge in [0.2, 0.25) is 0 Å². The average molecular weight is 376 g/mol. The van der Waals surface area contributed by atoms with Crippen molar-refractivity contribution in [3.8, 4) is 5.75 Å². The van der Waals surface area contributed by atoms with E-state index < -0.39 is 11.8 Å². The largest absolute Gasteiger partial charge is 0.491 e. The van der Waals surface area contributed by atoms with Gasteiger partial charge in [0, 0.05) is 33.2 Å². The highest BCUT2D eigenvalue weighted by Gasteiger charge is 2.13. The van der Waals surface area contributed by atoms with Gasteiger partial charge < -0.3 is 20.1 Å². The van der Waals surface area contributed by atoms with Crippen LogP contribution < -0.4 is 26.2 Å². The lowest BCUT2D eigenvalue weighted by atomic mass is 10.3. The molecule has 0 aliphatic heterocycles. The van der Waals surface area contributed by atoms with Gasteiger partial charge in [-0.25, -0.2) is 4.79 Å². The Kier molecular flexibility index (Phi) is 7.63. The number of benzene rings is 1. The molecule has 0 saturated carbocycles. The van der Waals surface area contributed by atoms with Crippen molar-refractivity contribution >= 4 is 5.82 Å². The minimum absolute atomic E-state index is 0.204. The van der Waals surface area contributed by atoms with Crippen molar-refractivity contribution in [1.29, 1.82) is 0 Å². The monoisotopic (exact) mass is 376 g/mol. The number of aromatic nitrogens is 2. The summed E-state index contributed by atoms with van der Waals surface area (Å²) in [4.78, 5) is 28.6. The summed E-state index contributed by atoms with van der Waals surface area (Å²) in [6.07, 6.45) is -0.633. The third kappa shape index (κ3) is 5.70. The first-order valence-corrected chi connectivity index (χ1v) is 9.05. The predicted molar refractivity (Wildman–Crippen MR) is 106 cm³/mol. The third-order valence-electron chi connectivity index (χ3n) is 4.33. The van der Waals surface area contributed by atoms with E-state index in [9.17, 15) is 14.7 Å². The molecule has 0 amide bonds. The molecule has 8 nitrogen and oxygen atoms in total. The minimum atomic E-state index is -0.633. The Bertz CT molecular complexity index is 832. The van der Waals surface area contributed by atoms with Crippen LogP contribution in [0.25, 0.3) is 0 Å². The quantitative estimate of drug-likeness (QED) is 0.514. The van der Waals surface area contributed by atoms with E-state index in [1.165, 1.54) is 7.05 Å². The Morgan fingerprint density at radius 2 is 2.00 bits per heavy atom. The van der Waals surface area contributed by atoms with Gasteiger partial charge in [-0.05, 0) is 26.0 Å². The maximum absolute atomic E-state index is 12.1. The Morgan fingerprint density at radius 3 is 2.67 bits per heavy atom. The first-order chi connectivity index (χ1) is 12.9. The van der Waals surface area contributed by atoms with Crippen LogP contribution >= 0.6 is 0 Å². The summed E-state index contributed by atoms with van der Waals surface area (Å²) in [5.41, 5.74) is -0.218. The maximum atomic E-state index is 12.1. The molecular weight excluding hydrogens is 348 g/mol. The molecule has 0 saturated heterocycles. The number of rotatable bonds is 10. The van der Waals surface area contributed by atoms with E-state index in [0.29, 0.717) is 37.6 Å². The summed E-state index contributed by atoms with van der Waals surface area (Å²) in [6.45, 7) is 6.07. The molecule has 3 N–H and O–H groups in total. The number of likely N-dealkylation sites (N-methyl/N-ethyl adjacent to an activating group) is 1. The number of nitrogens with zero attached hydrogens (tertiary/aromatic N) is 2. The van der Waals surface area contributed by atoms with E-state index in [-0.39, 0.29) is 12.2 Å². The van der Waals surface area contributed by atoms with Crippen LogP contribution in [-0.4, -0.2) is 53.5 Å². The number of anilines is 1. The van der Waals surface area contributed by atoms with Crippen molar-refractivity contribution in [2.75, 3.05) is 37.7 Å². The molecule has 1 aromatic heterocycles. The highest BCUT2D eigenvalue weighted by Crippen LogP contribution is 2.10. The molecule has 1 heterocycles. The topological polar surface area (TPSA) is 99.6 Å². The summed E-state index contributed by atoms with van der Waals surface area (Å²) in [5, 5.41) is 13.2. The second-order valence-corrected chi connectivity index (χ2v) is 6.33. The maximum Gasteiger partial charge on any atom is 0.329 e. The van der Waals surface area contributed by atoms with Crippen LogP contribution in [0.2, 0.25) is 0 Å². The van der Waals surface area contributed by atoms with Crippen LogP contribution in [0, 0.1) is 6.92 Å². The van der Waals surface area contributed by atoms with Gasteiger partial charge >= 0.3 is 5.69 Å². The zero-order valence-corrected chi connectivity index (χ0v) is 16.1. The van der Waals surface area contributed by atoms with Gasteiger partial charge in [-0.2, -0.15) is 0 Å². The second kappa shape index (κ2) is 9.94. The number of hydrogen-bond acceptors (Lipinski definition) is 6. The average Bonchev–Trinajstić information content (AvgIpc) is 2.69. The van der Waals surface area contributed by atoms with Gasteiger partial charge in [0.25, 0.3) is 5.56 Å². The van der Waals surface area contributed by atoms with Crippen molar-refractivity contribution in [2.45, 2.75) is 20.0 Å². The number of aliphatic hydroxyl groups excluding tert-OH is 1. The molecule has 27 heavy (non-hydrogen) atoms. The smallest absolute Gasteiger partial charge is 0.329 e. The highest BCUT2D eigenvalue weighted by atomic mass is 16.5. The molecule has 0 radical (unpaired) electrons. The molecule has 0 bridgehead atoms. The summed E-state index contributed by atoms with van der Waals surface area (Å²) >= 11 is 0. The second-order valence-electron chi connectivity index (χ2n) is 6.33. The van der Waals surface area contributed by atoms with Crippen molar-refractivity contribution in [1.82, 2.24) is 14.9 Å².